The zero-order valence-electron chi connectivity index (χ0n) is 20.0. The van der Waals surface area contributed by atoms with Crippen molar-refractivity contribution in [1.82, 2.24) is 9.80 Å². The second kappa shape index (κ2) is 7.37. The van der Waals surface area contributed by atoms with Gasteiger partial charge in [-0.2, -0.15) is 0 Å². The second-order valence-corrected chi connectivity index (χ2v) is 11.2. The van der Waals surface area contributed by atoms with E-state index in [1.54, 1.807) is 35.6 Å². The van der Waals surface area contributed by atoms with E-state index < -0.39 is 17.1 Å². The molecule has 2 bridgehead atoms. The Balaban J connectivity index is 1.28. The molecule has 7 nitrogen and oxygen atoms in total. The van der Waals surface area contributed by atoms with Crippen LogP contribution in [-0.2, 0) is 16.6 Å². The fourth-order valence-electron chi connectivity index (χ4n) is 7.67. The van der Waals surface area contributed by atoms with E-state index in [-0.39, 0.29) is 23.7 Å². The summed E-state index contributed by atoms with van der Waals surface area (Å²) >= 11 is 0. The average molecular weight is 477 g/mol. The molecule has 2 aromatic rings. The maximum Gasteiger partial charge on any atom is 0.246 e. The molecule has 184 valence electrons. The Morgan fingerprint density at radius 2 is 2.11 bits per heavy atom. The lowest BCUT2D eigenvalue weighted by Crippen LogP contribution is -2.78. The molecule has 1 saturated heterocycles. The van der Waals surface area contributed by atoms with Gasteiger partial charge in [-0.3, -0.25) is 9.69 Å². The number of phenolic OH excluding ortho intramolecular Hbond substituents is 1. The molecule has 2 N–H and O–H groups in total. The number of aliphatic hydroxyl groups is 1. The summed E-state index contributed by atoms with van der Waals surface area (Å²) in [5.74, 6) is 1.28. The smallest absolute Gasteiger partial charge is 0.246 e. The van der Waals surface area contributed by atoms with Crippen LogP contribution in [0.3, 0.4) is 0 Å². The molecule has 5 atom stereocenters. The van der Waals surface area contributed by atoms with Gasteiger partial charge < -0.3 is 24.3 Å². The number of rotatable bonds is 5. The first-order valence-electron chi connectivity index (χ1n) is 12.9. The maximum absolute atomic E-state index is 13.2. The highest BCUT2D eigenvalue weighted by atomic mass is 16.5. The third-order valence-corrected chi connectivity index (χ3v) is 9.54. The lowest BCUT2D eigenvalue weighted by Gasteiger charge is -2.64. The minimum Gasteiger partial charge on any atom is -0.504 e. The summed E-state index contributed by atoms with van der Waals surface area (Å²) in [5, 5.41) is 23.3. The van der Waals surface area contributed by atoms with Crippen molar-refractivity contribution < 1.29 is 24.2 Å². The quantitative estimate of drug-likeness (QED) is 0.645. The van der Waals surface area contributed by atoms with Gasteiger partial charge in [-0.25, -0.2) is 0 Å². The molecule has 7 rings (SSSR count). The normalized spacial score (nSPS) is 35.1. The summed E-state index contributed by atoms with van der Waals surface area (Å²) in [6, 6.07) is 5.38. The molecule has 3 aliphatic carbocycles. The summed E-state index contributed by atoms with van der Waals surface area (Å²) in [7, 11) is 1.82. The SMILES string of the molecule is CN(C(=O)/C=C/c1ccoc1)[C@@H]1CC[C@@]2(O)[C@H]3Cc4ccc(O)c5c4[C@]2(CCN3CC2CC2)[C@H]1O5. The van der Waals surface area contributed by atoms with Crippen LogP contribution >= 0.6 is 0 Å². The third-order valence-electron chi connectivity index (χ3n) is 9.54. The number of likely N-dealkylation sites (tertiary alicyclic amines) is 1. The second-order valence-electron chi connectivity index (χ2n) is 11.2. The predicted molar refractivity (Wildman–Crippen MR) is 129 cm³/mol. The summed E-state index contributed by atoms with van der Waals surface area (Å²) in [6.45, 7) is 1.96. The Morgan fingerprint density at radius 1 is 1.26 bits per heavy atom. The zero-order chi connectivity index (χ0) is 23.9. The molecule has 2 saturated carbocycles. The van der Waals surface area contributed by atoms with Gasteiger partial charge in [0.15, 0.2) is 11.5 Å². The fraction of sp³-hybridized carbons (Fsp3) is 0.536. The van der Waals surface area contributed by atoms with E-state index in [0.29, 0.717) is 18.6 Å². The van der Waals surface area contributed by atoms with Crippen LogP contribution in [0.4, 0.5) is 0 Å². The lowest BCUT2D eigenvalue weighted by atomic mass is 9.48. The molecule has 7 heteroatoms. The van der Waals surface area contributed by atoms with Crippen molar-refractivity contribution >= 4 is 12.0 Å². The Morgan fingerprint density at radius 3 is 2.89 bits per heavy atom. The minimum atomic E-state index is -0.941. The molecule has 3 heterocycles. The van der Waals surface area contributed by atoms with E-state index in [1.165, 1.54) is 18.4 Å². The van der Waals surface area contributed by atoms with Gasteiger partial charge in [-0.15, -0.1) is 0 Å². The number of amides is 1. The maximum atomic E-state index is 13.2. The van der Waals surface area contributed by atoms with Crippen LogP contribution in [0.1, 0.15) is 48.8 Å². The average Bonchev–Trinajstić information content (AvgIpc) is 3.36. The summed E-state index contributed by atoms with van der Waals surface area (Å²) in [4.78, 5) is 17.5. The van der Waals surface area contributed by atoms with Crippen molar-refractivity contribution in [3.05, 3.63) is 53.5 Å². The lowest BCUT2D eigenvalue weighted by molar-refractivity contribution is -0.200. The number of hydrogen-bond donors (Lipinski definition) is 2. The summed E-state index contributed by atoms with van der Waals surface area (Å²) in [5.41, 5.74) is 1.44. The van der Waals surface area contributed by atoms with Crippen molar-refractivity contribution in [2.45, 2.75) is 67.7 Å². The molecule has 5 aliphatic rings. The largest absolute Gasteiger partial charge is 0.504 e. The number of nitrogens with zero attached hydrogens (tertiary/aromatic N) is 2. The number of benzene rings is 1. The summed E-state index contributed by atoms with van der Waals surface area (Å²) in [6.07, 6.45) is 11.5. The number of piperidine rings is 1. The van der Waals surface area contributed by atoms with E-state index in [2.05, 4.69) is 4.90 Å². The van der Waals surface area contributed by atoms with Gasteiger partial charge in [-0.05, 0) is 74.8 Å². The molecule has 3 fully saturated rings. The number of carbonyl (C=O) groups is 1. The first kappa shape index (κ1) is 21.5. The van der Waals surface area contributed by atoms with Crippen LogP contribution in [-0.4, -0.2) is 69.8 Å². The topological polar surface area (TPSA) is 86.4 Å². The Labute approximate surface area is 205 Å². The van der Waals surface area contributed by atoms with Gasteiger partial charge >= 0.3 is 0 Å². The predicted octanol–water partition coefficient (Wildman–Crippen LogP) is 3.09. The minimum absolute atomic E-state index is 0.0360. The number of carbonyl (C=O) groups excluding carboxylic acids is 1. The van der Waals surface area contributed by atoms with Crippen LogP contribution in [0.2, 0.25) is 0 Å². The molecule has 1 aromatic carbocycles. The highest BCUT2D eigenvalue weighted by Crippen LogP contribution is 2.66. The van der Waals surface area contributed by atoms with Crippen molar-refractivity contribution in [3.8, 4) is 11.5 Å². The van der Waals surface area contributed by atoms with E-state index in [9.17, 15) is 15.0 Å². The number of hydrogen-bond acceptors (Lipinski definition) is 6. The molecule has 0 radical (unpaired) electrons. The molecule has 0 unspecified atom stereocenters. The number of ether oxygens (including phenoxy) is 1. The van der Waals surface area contributed by atoms with Crippen LogP contribution in [0.15, 0.2) is 41.2 Å². The highest BCUT2D eigenvalue weighted by Gasteiger charge is 2.73. The molecular formula is C28H32N2O5. The molecule has 1 amide bonds. The Hall–Kier alpha value is -2.77. The molecular weight excluding hydrogens is 444 g/mol. The standard InChI is InChI=1S/C28H32N2O5/c1-29(23(32)7-4-18-9-13-34-16-18)20-8-10-28(33)22-14-19-5-6-21(31)25-24(19)27(28,26(20)35-25)11-12-30(22)15-17-2-3-17/h4-7,9,13,16-17,20,22,26,31,33H,2-3,8,10-12,14-15H2,1H3/b7-4+/t20-,22-,26+,27-,28-/m1/s1. The van der Waals surface area contributed by atoms with Crippen LogP contribution in [0, 0.1) is 5.92 Å². The molecule has 1 spiro atoms. The number of aromatic hydroxyl groups is 1. The van der Waals surface area contributed by atoms with Crippen molar-refractivity contribution in [3.63, 3.8) is 0 Å². The molecule has 35 heavy (non-hydrogen) atoms. The van der Waals surface area contributed by atoms with E-state index in [0.717, 1.165) is 43.0 Å². The van der Waals surface area contributed by atoms with Crippen LogP contribution in [0.5, 0.6) is 11.5 Å². The van der Waals surface area contributed by atoms with Crippen molar-refractivity contribution in [1.29, 1.82) is 0 Å². The highest BCUT2D eigenvalue weighted by molar-refractivity contribution is 5.91. The van der Waals surface area contributed by atoms with Gasteiger partial charge in [0, 0.05) is 36.8 Å². The van der Waals surface area contributed by atoms with Gasteiger partial charge in [-0.1, -0.05) is 6.07 Å². The Kier molecular flexibility index (Phi) is 4.53. The first-order valence-corrected chi connectivity index (χ1v) is 12.9. The number of phenols is 1. The number of likely N-dealkylation sites (N-methyl/N-ethyl adjacent to an activating group) is 1. The number of furan rings is 1. The van der Waals surface area contributed by atoms with Gasteiger partial charge in [0.1, 0.15) is 6.10 Å². The van der Waals surface area contributed by atoms with Crippen molar-refractivity contribution in [2.24, 2.45) is 5.92 Å². The first-order chi connectivity index (χ1) is 16.9. The van der Waals surface area contributed by atoms with Crippen molar-refractivity contribution in [2.75, 3.05) is 20.1 Å². The third kappa shape index (κ3) is 2.88. The van der Waals surface area contributed by atoms with E-state index in [4.69, 9.17) is 9.15 Å². The zero-order valence-corrected chi connectivity index (χ0v) is 20.0. The summed E-state index contributed by atoms with van der Waals surface area (Å²) < 4.78 is 11.7. The van der Waals surface area contributed by atoms with Gasteiger partial charge in [0.05, 0.1) is 29.6 Å². The Bertz CT molecular complexity index is 1200. The van der Waals surface area contributed by atoms with Crippen LogP contribution in [0.25, 0.3) is 6.08 Å². The van der Waals surface area contributed by atoms with Gasteiger partial charge in [0.25, 0.3) is 0 Å². The van der Waals surface area contributed by atoms with Crippen LogP contribution < -0.4 is 4.74 Å². The van der Waals surface area contributed by atoms with E-state index in [1.807, 2.05) is 19.2 Å². The fourth-order valence-corrected chi connectivity index (χ4v) is 7.67. The van der Waals surface area contributed by atoms with Gasteiger partial charge in [0.2, 0.25) is 5.91 Å². The monoisotopic (exact) mass is 476 g/mol. The molecule has 1 aromatic heterocycles. The molecule has 2 aliphatic heterocycles. The van der Waals surface area contributed by atoms with E-state index >= 15 is 0 Å².